The predicted molar refractivity (Wildman–Crippen MR) is 97.5 cm³/mol. The van der Waals surface area contributed by atoms with Gasteiger partial charge in [-0.3, -0.25) is 4.79 Å². The Bertz CT molecular complexity index is 924. The van der Waals surface area contributed by atoms with E-state index < -0.39 is 11.0 Å². The number of nitrogens with one attached hydrogen (secondary N) is 1. The zero-order valence-corrected chi connectivity index (χ0v) is 15.8. The van der Waals surface area contributed by atoms with Crippen molar-refractivity contribution < 1.29 is 19.2 Å². The zero-order chi connectivity index (χ0) is 18.9. The second-order valence-corrected chi connectivity index (χ2v) is 8.18. The number of carbonyl (C=O) groups excluding carboxylic acids is 1. The smallest absolute Gasteiger partial charge is 0.167 e. The van der Waals surface area contributed by atoms with Crippen LogP contribution in [0, 0.1) is 6.92 Å². The van der Waals surface area contributed by atoms with Gasteiger partial charge in [0.05, 0.1) is 29.7 Å². The van der Waals surface area contributed by atoms with Crippen molar-refractivity contribution in [2.75, 3.05) is 11.9 Å². The molecule has 2 aromatic rings. The number of aliphatic hydroxyl groups excluding tert-OH is 1. The third-order valence-electron chi connectivity index (χ3n) is 5.58. The molecule has 2 aliphatic heterocycles. The van der Waals surface area contributed by atoms with Crippen molar-refractivity contribution in [1.82, 2.24) is 5.16 Å². The Morgan fingerprint density at radius 1 is 1.31 bits per heavy atom. The first kappa shape index (κ1) is 17.1. The van der Waals surface area contributed by atoms with Gasteiger partial charge in [-0.15, -0.1) is 0 Å². The van der Waals surface area contributed by atoms with Crippen LogP contribution in [0.5, 0.6) is 5.75 Å². The van der Waals surface area contributed by atoms with Crippen molar-refractivity contribution in [3.8, 4) is 16.9 Å². The highest BCUT2D eigenvalue weighted by atomic mass is 16.5. The van der Waals surface area contributed by atoms with Crippen molar-refractivity contribution in [1.29, 1.82) is 0 Å². The Morgan fingerprint density at radius 3 is 2.73 bits per heavy atom. The second kappa shape index (κ2) is 5.33. The molecule has 0 spiro atoms. The molecule has 0 saturated carbocycles. The van der Waals surface area contributed by atoms with Crippen molar-refractivity contribution in [3.05, 3.63) is 28.6 Å². The van der Waals surface area contributed by atoms with E-state index in [1.165, 1.54) is 0 Å². The fourth-order valence-electron chi connectivity index (χ4n) is 4.34. The molecule has 0 amide bonds. The van der Waals surface area contributed by atoms with Crippen LogP contribution in [0.25, 0.3) is 11.1 Å². The van der Waals surface area contributed by atoms with Gasteiger partial charge >= 0.3 is 0 Å². The Hall–Kier alpha value is -2.34. The minimum atomic E-state index is -0.641. The van der Waals surface area contributed by atoms with E-state index in [1.807, 2.05) is 40.7 Å². The van der Waals surface area contributed by atoms with Crippen molar-refractivity contribution in [2.45, 2.75) is 58.6 Å². The molecule has 0 atom stereocenters. The number of nitrogens with zero attached hydrogens (tertiary/aromatic N) is 1. The fraction of sp³-hybridized carbons (Fsp3) is 0.500. The fourth-order valence-corrected chi connectivity index (χ4v) is 4.34. The molecule has 6 heteroatoms. The van der Waals surface area contributed by atoms with Crippen LogP contribution in [0.1, 0.15) is 50.3 Å². The van der Waals surface area contributed by atoms with Gasteiger partial charge in [-0.1, -0.05) is 5.16 Å². The molecule has 1 aromatic carbocycles. The monoisotopic (exact) mass is 356 g/mol. The summed E-state index contributed by atoms with van der Waals surface area (Å²) in [6.07, 6.45) is 0.775. The van der Waals surface area contributed by atoms with Gasteiger partial charge in [-0.05, 0) is 46.2 Å². The molecular formula is C20H24N2O4. The third kappa shape index (κ3) is 2.14. The lowest BCUT2D eigenvalue weighted by Gasteiger charge is -2.43. The summed E-state index contributed by atoms with van der Waals surface area (Å²) < 4.78 is 11.3. The normalized spacial score (nSPS) is 19.5. The van der Waals surface area contributed by atoms with Crippen LogP contribution in [0.4, 0.5) is 5.69 Å². The lowest BCUT2D eigenvalue weighted by molar-refractivity contribution is -0.127. The molecule has 0 radical (unpaired) electrons. The molecule has 1 aromatic heterocycles. The summed E-state index contributed by atoms with van der Waals surface area (Å²) in [7, 11) is 0. The van der Waals surface area contributed by atoms with E-state index in [2.05, 4.69) is 10.5 Å². The summed E-state index contributed by atoms with van der Waals surface area (Å²) in [4.78, 5) is 13.1. The first-order valence-electron chi connectivity index (χ1n) is 8.91. The maximum atomic E-state index is 13.1. The third-order valence-corrected chi connectivity index (χ3v) is 5.58. The summed E-state index contributed by atoms with van der Waals surface area (Å²) in [5.41, 5.74) is 3.81. The standard InChI is InChI=1S/C20H24N2O4/c1-10-15(14(9-23)22-26-10)12-8-13-16(11-6-7-25-17(11)12)21-20(4,5)18(24)19(13,2)3/h8,21,23H,6-7,9H2,1-5H3. The van der Waals surface area contributed by atoms with Crippen LogP contribution in [-0.2, 0) is 23.2 Å². The highest BCUT2D eigenvalue weighted by molar-refractivity contribution is 6.04. The number of hydrogen-bond donors (Lipinski definition) is 2. The molecule has 0 saturated heterocycles. The highest BCUT2D eigenvalue weighted by Gasteiger charge is 2.48. The quantitative estimate of drug-likeness (QED) is 0.860. The van der Waals surface area contributed by atoms with E-state index in [1.54, 1.807) is 0 Å². The average molecular weight is 356 g/mol. The molecule has 2 N–H and O–H groups in total. The molecular weight excluding hydrogens is 332 g/mol. The molecule has 2 aliphatic rings. The lowest BCUT2D eigenvalue weighted by Crippen LogP contribution is -2.53. The molecule has 3 heterocycles. The molecule has 6 nitrogen and oxygen atoms in total. The number of rotatable bonds is 2. The van der Waals surface area contributed by atoms with E-state index in [0.717, 1.165) is 40.1 Å². The Morgan fingerprint density at radius 2 is 2.04 bits per heavy atom. The molecule has 26 heavy (non-hydrogen) atoms. The van der Waals surface area contributed by atoms with Crippen LogP contribution in [0.15, 0.2) is 10.6 Å². The Labute approximate surface area is 152 Å². The number of aryl methyl sites for hydroxylation is 1. The van der Waals surface area contributed by atoms with Gasteiger partial charge in [0.1, 0.15) is 17.2 Å². The van der Waals surface area contributed by atoms with Gasteiger partial charge in [0.2, 0.25) is 0 Å². The number of benzene rings is 1. The number of anilines is 1. The molecule has 138 valence electrons. The molecule has 0 fully saturated rings. The van der Waals surface area contributed by atoms with Crippen LogP contribution in [0.3, 0.4) is 0 Å². The molecule has 0 aliphatic carbocycles. The number of carbonyl (C=O) groups is 1. The van der Waals surface area contributed by atoms with E-state index in [0.29, 0.717) is 18.1 Å². The van der Waals surface area contributed by atoms with Gasteiger partial charge in [0.15, 0.2) is 5.78 Å². The lowest BCUT2D eigenvalue weighted by atomic mass is 9.68. The summed E-state index contributed by atoms with van der Waals surface area (Å²) in [5, 5.41) is 17.1. The number of ether oxygens (including phenoxy) is 1. The summed E-state index contributed by atoms with van der Waals surface area (Å²) in [6.45, 7) is 9.97. The van der Waals surface area contributed by atoms with Crippen molar-refractivity contribution in [3.63, 3.8) is 0 Å². The van der Waals surface area contributed by atoms with E-state index in [9.17, 15) is 9.90 Å². The molecule has 0 bridgehead atoms. The average Bonchev–Trinajstić information content (AvgIpc) is 3.20. The SMILES string of the molecule is Cc1onc(CO)c1-c1cc2c(c3c1OCC3)NC(C)(C)C(=O)C2(C)C. The van der Waals surface area contributed by atoms with Gasteiger partial charge in [-0.25, -0.2) is 0 Å². The maximum Gasteiger partial charge on any atom is 0.167 e. The number of aliphatic hydroxyl groups is 1. The van der Waals surface area contributed by atoms with Gasteiger partial charge in [-0.2, -0.15) is 0 Å². The minimum absolute atomic E-state index is 0.145. The number of hydrogen-bond acceptors (Lipinski definition) is 6. The highest BCUT2D eigenvalue weighted by Crippen LogP contribution is 2.51. The first-order valence-corrected chi connectivity index (χ1v) is 8.91. The minimum Gasteiger partial charge on any atom is -0.492 e. The number of fused-ring (bicyclic) bond motifs is 3. The van der Waals surface area contributed by atoms with Crippen LogP contribution < -0.4 is 10.1 Å². The number of Topliss-reactive ketones (excluding diaryl/α,β-unsaturated/α-hetero) is 1. The Balaban J connectivity index is 2.04. The van der Waals surface area contributed by atoms with Gasteiger partial charge in [0, 0.05) is 23.2 Å². The Kier molecular flexibility index (Phi) is 3.50. The summed E-state index contributed by atoms with van der Waals surface area (Å²) in [5.74, 6) is 1.56. The van der Waals surface area contributed by atoms with Crippen LogP contribution in [0.2, 0.25) is 0 Å². The molecule has 4 rings (SSSR count). The zero-order valence-electron chi connectivity index (χ0n) is 15.8. The largest absolute Gasteiger partial charge is 0.492 e. The van der Waals surface area contributed by atoms with E-state index in [4.69, 9.17) is 9.26 Å². The van der Waals surface area contributed by atoms with Crippen LogP contribution in [-0.4, -0.2) is 28.2 Å². The van der Waals surface area contributed by atoms with Crippen molar-refractivity contribution in [2.24, 2.45) is 0 Å². The number of aromatic nitrogens is 1. The van der Waals surface area contributed by atoms with E-state index >= 15 is 0 Å². The van der Waals surface area contributed by atoms with E-state index in [-0.39, 0.29) is 12.4 Å². The summed E-state index contributed by atoms with van der Waals surface area (Å²) in [6, 6.07) is 2.00. The first-order chi connectivity index (χ1) is 12.2. The maximum absolute atomic E-state index is 13.1. The van der Waals surface area contributed by atoms with Crippen molar-refractivity contribution >= 4 is 11.5 Å². The van der Waals surface area contributed by atoms with Crippen LogP contribution >= 0.6 is 0 Å². The predicted octanol–water partition coefficient (Wildman–Crippen LogP) is 3.13. The van der Waals surface area contributed by atoms with Gasteiger partial charge < -0.3 is 19.7 Å². The molecule has 0 unspecified atom stereocenters. The topological polar surface area (TPSA) is 84.6 Å². The number of ketones is 1. The second-order valence-electron chi connectivity index (χ2n) is 8.18. The summed E-state index contributed by atoms with van der Waals surface area (Å²) >= 11 is 0. The van der Waals surface area contributed by atoms with Gasteiger partial charge in [0.25, 0.3) is 0 Å².